The highest BCUT2D eigenvalue weighted by atomic mass is 35.5. The highest BCUT2D eigenvalue weighted by molar-refractivity contribution is 6.42. The maximum absolute atomic E-state index is 5.67. The lowest BCUT2D eigenvalue weighted by Crippen LogP contribution is -1.85. The van der Waals surface area contributed by atoms with Crippen molar-refractivity contribution in [3.05, 3.63) is 22.4 Å². The molecule has 0 bridgehead atoms. The summed E-state index contributed by atoms with van der Waals surface area (Å²) in [5.41, 5.74) is 0. The lowest BCUT2D eigenvalue weighted by molar-refractivity contribution is 0.414. The Balaban J connectivity index is 3.14. The number of halogens is 2. The molecule has 1 aromatic heterocycles. The fourth-order valence-corrected chi connectivity index (χ4v) is 0.898. The van der Waals surface area contributed by atoms with E-state index in [9.17, 15) is 0 Å². The van der Waals surface area contributed by atoms with Crippen molar-refractivity contribution in [3.8, 4) is 5.75 Å². The van der Waals surface area contributed by atoms with Crippen LogP contribution in [0, 0.1) is 0 Å². The zero-order valence-corrected chi connectivity index (χ0v) is 6.78. The molecular weight excluding hydrogens is 173 g/mol. The molecule has 1 aromatic rings. The topological polar surface area (TPSA) is 22.1 Å². The Morgan fingerprint density at radius 2 is 2.20 bits per heavy atom. The second-order valence-corrected chi connectivity index (χ2v) is 2.35. The van der Waals surface area contributed by atoms with Gasteiger partial charge in [0, 0.05) is 12.3 Å². The van der Waals surface area contributed by atoms with Gasteiger partial charge in [-0.1, -0.05) is 23.2 Å². The summed E-state index contributed by atoms with van der Waals surface area (Å²) in [5.74, 6) is 0.543. The Morgan fingerprint density at radius 3 is 2.70 bits per heavy atom. The number of hydrogen-bond donors (Lipinski definition) is 0. The average molecular weight is 178 g/mol. The molecule has 0 aromatic carbocycles. The monoisotopic (exact) mass is 177 g/mol. The number of ether oxygens (including phenoxy) is 1. The molecule has 0 amide bonds. The van der Waals surface area contributed by atoms with Gasteiger partial charge in [0.15, 0.2) is 5.15 Å². The van der Waals surface area contributed by atoms with E-state index in [0.29, 0.717) is 10.8 Å². The maximum Gasteiger partial charge on any atom is 0.151 e. The summed E-state index contributed by atoms with van der Waals surface area (Å²) in [7, 11) is 1.53. The molecule has 0 saturated heterocycles. The van der Waals surface area contributed by atoms with Crippen molar-refractivity contribution >= 4 is 23.2 Å². The number of aromatic nitrogens is 1. The minimum atomic E-state index is 0.265. The molecule has 0 saturated carbocycles. The van der Waals surface area contributed by atoms with Crippen LogP contribution in [0.2, 0.25) is 10.2 Å². The Labute approximate surface area is 68.7 Å². The molecule has 4 heteroatoms. The third kappa shape index (κ3) is 1.33. The van der Waals surface area contributed by atoms with Crippen LogP contribution in [-0.4, -0.2) is 12.1 Å². The van der Waals surface area contributed by atoms with Crippen molar-refractivity contribution in [2.75, 3.05) is 7.11 Å². The molecule has 1 rings (SSSR count). The molecule has 0 aliphatic heterocycles. The van der Waals surface area contributed by atoms with Gasteiger partial charge in [0.05, 0.1) is 7.11 Å². The van der Waals surface area contributed by atoms with Gasteiger partial charge < -0.3 is 4.74 Å². The smallest absolute Gasteiger partial charge is 0.151 e. The third-order valence-electron chi connectivity index (χ3n) is 1.03. The SMILES string of the molecule is COc1ccnc(Cl)c1Cl. The van der Waals surface area contributed by atoms with Gasteiger partial charge in [0.1, 0.15) is 10.8 Å². The van der Waals surface area contributed by atoms with Gasteiger partial charge in [-0.05, 0) is 0 Å². The predicted octanol–water partition coefficient (Wildman–Crippen LogP) is 2.40. The normalized spacial score (nSPS) is 9.50. The molecule has 0 aliphatic rings. The van der Waals surface area contributed by atoms with E-state index in [1.807, 2.05) is 0 Å². The van der Waals surface area contributed by atoms with Crippen molar-refractivity contribution in [2.24, 2.45) is 0 Å². The zero-order chi connectivity index (χ0) is 7.56. The summed E-state index contributed by atoms with van der Waals surface area (Å²) in [4.78, 5) is 3.74. The molecule has 54 valence electrons. The zero-order valence-electron chi connectivity index (χ0n) is 5.27. The molecule has 2 nitrogen and oxygen atoms in total. The van der Waals surface area contributed by atoms with Crippen molar-refractivity contribution in [3.63, 3.8) is 0 Å². The molecule has 0 atom stereocenters. The number of rotatable bonds is 1. The number of nitrogens with zero attached hydrogens (tertiary/aromatic N) is 1. The summed E-state index contributed by atoms with van der Waals surface area (Å²) in [6, 6.07) is 1.65. The lowest BCUT2D eigenvalue weighted by atomic mass is 10.4. The largest absolute Gasteiger partial charge is 0.495 e. The molecular formula is C6H5Cl2NO. The summed E-state index contributed by atoms with van der Waals surface area (Å²) in [5, 5.41) is 0.618. The fourth-order valence-electron chi connectivity index (χ4n) is 0.560. The summed E-state index contributed by atoms with van der Waals surface area (Å²) in [6.45, 7) is 0. The van der Waals surface area contributed by atoms with Gasteiger partial charge in [0.25, 0.3) is 0 Å². The van der Waals surface area contributed by atoms with E-state index >= 15 is 0 Å². The second-order valence-electron chi connectivity index (χ2n) is 1.62. The van der Waals surface area contributed by atoms with Crippen LogP contribution in [0.15, 0.2) is 12.3 Å². The highest BCUT2D eigenvalue weighted by Gasteiger charge is 2.03. The Hall–Kier alpha value is -0.470. The van der Waals surface area contributed by atoms with E-state index in [0.717, 1.165) is 0 Å². The quantitative estimate of drug-likeness (QED) is 0.616. The molecule has 0 aliphatic carbocycles. The van der Waals surface area contributed by atoms with Crippen LogP contribution >= 0.6 is 23.2 Å². The van der Waals surface area contributed by atoms with Crippen LogP contribution in [0.5, 0.6) is 5.75 Å². The highest BCUT2D eigenvalue weighted by Crippen LogP contribution is 2.28. The first-order chi connectivity index (χ1) is 4.75. The van der Waals surface area contributed by atoms with E-state index in [4.69, 9.17) is 27.9 Å². The lowest BCUT2D eigenvalue weighted by Gasteiger charge is -2.01. The minimum Gasteiger partial charge on any atom is -0.495 e. The minimum absolute atomic E-state index is 0.265. The first-order valence-electron chi connectivity index (χ1n) is 2.59. The van der Waals surface area contributed by atoms with Crippen LogP contribution in [0.4, 0.5) is 0 Å². The van der Waals surface area contributed by atoms with Crippen molar-refractivity contribution < 1.29 is 4.74 Å². The molecule has 0 unspecified atom stereocenters. The fraction of sp³-hybridized carbons (Fsp3) is 0.167. The number of hydrogen-bond acceptors (Lipinski definition) is 2. The predicted molar refractivity (Wildman–Crippen MR) is 40.8 cm³/mol. The first kappa shape index (κ1) is 7.63. The summed E-state index contributed by atoms with van der Waals surface area (Å²) >= 11 is 11.2. The average Bonchev–Trinajstić information content (AvgIpc) is 1.95. The summed E-state index contributed by atoms with van der Waals surface area (Å²) in [6.07, 6.45) is 1.53. The van der Waals surface area contributed by atoms with Crippen molar-refractivity contribution in [1.82, 2.24) is 4.98 Å². The third-order valence-corrected chi connectivity index (χ3v) is 1.78. The number of pyridine rings is 1. The van der Waals surface area contributed by atoms with Crippen LogP contribution < -0.4 is 4.74 Å². The van der Waals surface area contributed by atoms with Crippen LogP contribution in [0.25, 0.3) is 0 Å². The summed E-state index contributed by atoms with van der Waals surface area (Å²) < 4.78 is 4.87. The molecule has 0 N–H and O–H groups in total. The number of methoxy groups -OCH3 is 1. The first-order valence-corrected chi connectivity index (χ1v) is 3.35. The van der Waals surface area contributed by atoms with Gasteiger partial charge in [-0.3, -0.25) is 0 Å². The Kier molecular flexibility index (Phi) is 2.35. The molecule has 1 heterocycles. The van der Waals surface area contributed by atoms with Gasteiger partial charge >= 0.3 is 0 Å². The van der Waals surface area contributed by atoms with Gasteiger partial charge in [-0.25, -0.2) is 4.98 Å². The van der Waals surface area contributed by atoms with Gasteiger partial charge in [0.2, 0.25) is 0 Å². The molecule has 10 heavy (non-hydrogen) atoms. The van der Waals surface area contributed by atoms with E-state index in [-0.39, 0.29) is 5.15 Å². The van der Waals surface area contributed by atoms with E-state index in [2.05, 4.69) is 4.98 Å². The standard InChI is InChI=1S/C6H5Cl2NO/c1-10-4-2-3-9-6(8)5(4)7/h2-3H,1H3. The van der Waals surface area contributed by atoms with E-state index in [1.165, 1.54) is 13.3 Å². The molecule has 0 spiro atoms. The maximum atomic E-state index is 5.67. The van der Waals surface area contributed by atoms with Crippen molar-refractivity contribution in [2.45, 2.75) is 0 Å². The second kappa shape index (κ2) is 3.08. The van der Waals surface area contributed by atoms with Crippen LogP contribution in [0.3, 0.4) is 0 Å². The molecule has 0 fully saturated rings. The van der Waals surface area contributed by atoms with Crippen molar-refractivity contribution in [1.29, 1.82) is 0 Å². The van der Waals surface area contributed by atoms with Crippen LogP contribution in [0.1, 0.15) is 0 Å². The Morgan fingerprint density at radius 1 is 1.50 bits per heavy atom. The van der Waals surface area contributed by atoms with Gasteiger partial charge in [-0.15, -0.1) is 0 Å². The Bertz CT molecular complexity index is 239. The van der Waals surface area contributed by atoms with E-state index < -0.39 is 0 Å². The van der Waals surface area contributed by atoms with E-state index in [1.54, 1.807) is 6.07 Å². The van der Waals surface area contributed by atoms with Crippen LogP contribution in [-0.2, 0) is 0 Å². The molecule has 0 radical (unpaired) electrons. The van der Waals surface area contributed by atoms with Gasteiger partial charge in [-0.2, -0.15) is 0 Å².